The molecule has 33 heavy (non-hydrogen) atoms. The fourth-order valence-corrected chi connectivity index (χ4v) is 3.72. The first-order valence-corrected chi connectivity index (χ1v) is 11.2. The van der Waals surface area contributed by atoms with Gasteiger partial charge in [0.05, 0.1) is 30.1 Å². The number of aromatic nitrogens is 5. The van der Waals surface area contributed by atoms with Crippen molar-refractivity contribution in [3.8, 4) is 17.1 Å². The third-order valence-electron chi connectivity index (χ3n) is 5.33. The second kappa shape index (κ2) is 9.77. The summed E-state index contributed by atoms with van der Waals surface area (Å²) in [5, 5.41) is 4.56. The number of hydrogen-bond donors (Lipinski definition) is 1. The van der Waals surface area contributed by atoms with Crippen molar-refractivity contribution in [3.05, 3.63) is 69.9 Å². The van der Waals surface area contributed by atoms with Gasteiger partial charge in [0.15, 0.2) is 11.3 Å². The van der Waals surface area contributed by atoms with Crippen LogP contribution in [0.5, 0.6) is 5.75 Å². The van der Waals surface area contributed by atoms with E-state index in [4.69, 9.17) is 9.72 Å². The fourth-order valence-electron chi connectivity index (χ4n) is 3.72. The number of fused-ring (bicyclic) bond motifs is 1. The van der Waals surface area contributed by atoms with Crippen molar-refractivity contribution in [2.24, 2.45) is 0 Å². The molecule has 8 nitrogen and oxygen atoms in total. The Kier molecular flexibility index (Phi) is 6.63. The lowest BCUT2D eigenvalue weighted by molar-refractivity contribution is 0.101. The maximum absolute atomic E-state index is 13.0. The van der Waals surface area contributed by atoms with Crippen LogP contribution in [0.1, 0.15) is 55.4 Å². The van der Waals surface area contributed by atoms with Gasteiger partial charge in [0.1, 0.15) is 17.1 Å². The normalized spacial score (nSPS) is 11.1. The lowest BCUT2D eigenvalue weighted by Crippen LogP contribution is -2.11. The van der Waals surface area contributed by atoms with Crippen LogP contribution in [-0.4, -0.2) is 37.1 Å². The van der Waals surface area contributed by atoms with Crippen LogP contribution >= 0.6 is 0 Å². The summed E-state index contributed by atoms with van der Waals surface area (Å²) < 4.78 is 7.70. The van der Waals surface area contributed by atoms with Crippen molar-refractivity contribution in [1.82, 2.24) is 24.7 Å². The van der Waals surface area contributed by atoms with E-state index in [2.05, 4.69) is 22.0 Å². The number of ether oxygens (including phenoxy) is 1. The number of rotatable bonds is 9. The standard InChI is InChI=1S/C25H27N5O3/c1-4-8-20-22-23(29-30(20)15-18-9-6-7-12-26-18)25(32)28-24(27-22)19-14-17(16(3)31)10-11-21(19)33-13-5-2/h6-7,9-12,14H,4-5,8,13,15H2,1-3H3,(H,27,28,32). The summed E-state index contributed by atoms with van der Waals surface area (Å²) in [6, 6.07) is 10.9. The highest BCUT2D eigenvalue weighted by Gasteiger charge is 2.19. The van der Waals surface area contributed by atoms with E-state index < -0.39 is 0 Å². The van der Waals surface area contributed by atoms with Gasteiger partial charge in [-0.3, -0.25) is 19.3 Å². The minimum Gasteiger partial charge on any atom is -0.493 e. The number of nitrogens with one attached hydrogen (secondary N) is 1. The smallest absolute Gasteiger partial charge is 0.279 e. The van der Waals surface area contributed by atoms with Crippen LogP contribution in [0.2, 0.25) is 0 Å². The average Bonchev–Trinajstić information content (AvgIpc) is 3.16. The van der Waals surface area contributed by atoms with E-state index in [0.717, 1.165) is 24.2 Å². The van der Waals surface area contributed by atoms with Gasteiger partial charge in [0, 0.05) is 11.8 Å². The Bertz CT molecular complexity index is 1340. The number of ketones is 1. The first kappa shape index (κ1) is 22.4. The second-order valence-corrected chi connectivity index (χ2v) is 7.90. The third kappa shape index (κ3) is 4.69. The number of nitrogens with zero attached hydrogens (tertiary/aromatic N) is 4. The van der Waals surface area contributed by atoms with Crippen molar-refractivity contribution in [1.29, 1.82) is 0 Å². The molecule has 1 N–H and O–H groups in total. The Labute approximate surface area is 191 Å². The number of Topliss-reactive ketones (excluding diaryl/α,β-unsaturated/α-hetero) is 1. The van der Waals surface area contributed by atoms with Crippen LogP contribution in [0.3, 0.4) is 0 Å². The summed E-state index contributed by atoms with van der Waals surface area (Å²) >= 11 is 0. The van der Waals surface area contributed by atoms with Gasteiger partial charge in [-0.15, -0.1) is 0 Å². The minimum atomic E-state index is -0.332. The van der Waals surface area contributed by atoms with Gasteiger partial charge in [0.2, 0.25) is 0 Å². The molecule has 3 aromatic heterocycles. The predicted octanol–water partition coefficient (Wildman–Crippen LogP) is 4.17. The lowest BCUT2D eigenvalue weighted by atomic mass is 10.1. The van der Waals surface area contributed by atoms with Crippen molar-refractivity contribution in [2.45, 2.75) is 46.6 Å². The maximum Gasteiger partial charge on any atom is 0.279 e. The highest BCUT2D eigenvalue weighted by Crippen LogP contribution is 2.30. The van der Waals surface area contributed by atoms with E-state index in [0.29, 0.717) is 47.8 Å². The van der Waals surface area contributed by atoms with Gasteiger partial charge in [-0.05, 0) is 50.1 Å². The van der Waals surface area contributed by atoms with Crippen LogP contribution in [0, 0.1) is 0 Å². The summed E-state index contributed by atoms with van der Waals surface area (Å²) in [6.45, 7) is 6.56. The molecule has 0 aliphatic carbocycles. The zero-order valence-corrected chi connectivity index (χ0v) is 19.1. The molecule has 0 atom stereocenters. The Morgan fingerprint density at radius 3 is 2.67 bits per heavy atom. The Morgan fingerprint density at radius 2 is 1.97 bits per heavy atom. The Hall–Kier alpha value is -3.81. The van der Waals surface area contributed by atoms with Gasteiger partial charge in [0.25, 0.3) is 5.56 Å². The van der Waals surface area contributed by atoms with E-state index in [1.54, 1.807) is 24.4 Å². The van der Waals surface area contributed by atoms with Gasteiger partial charge >= 0.3 is 0 Å². The molecule has 0 saturated heterocycles. The molecule has 0 aliphatic rings. The quantitative estimate of drug-likeness (QED) is 0.388. The summed E-state index contributed by atoms with van der Waals surface area (Å²) in [5.74, 6) is 0.857. The zero-order chi connectivity index (χ0) is 23.4. The SMILES string of the molecule is CCCOc1ccc(C(C)=O)cc1-c1nc2c(CCC)n(Cc3ccccn3)nc2c(=O)[nH]1. The van der Waals surface area contributed by atoms with E-state index in [1.807, 2.05) is 29.8 Å². The molecule has 0 unspecified atom stereocenters. The van der Waals surface area contributed by atoms with E-state index in [1.165, 1.54) is 6.92 Å². The molecule has 0 saturated carbocycles. The third-order valence-corrected chi connectivity index (χ3v) is 5.33. The second-order valence-electron chi connectivity index (χ2n) is 7.90. The highest BCUT2D eigenvalue weighted by atomic mass is 16.5. The van der Waals surface area contributed by atoms with Gasteiger partial charge < -0.3 is 9.72 Å². The van der Waals surface area contributed by atoms with Crippen LogP contribution in [0.25, 0.3) is 22.4 Å². The molecule has 4 rings (SSSR count). The van der Waals surface area contributed by atoms with Crippen LogP contribution in [-0.2, 0) is 13.0 Å². The topological polar surface area (TPSA) is 103 Å². The van der Waals surface area contributed by atoms with E-state index >= 15 is 0 Å². The van der Waals surface area contributed by atoms with Gasteiger partial charge in [-0.1, -0.05) is 26.3 Å². The van der Waals surface area contributed by atoms with Crippen molar-refractivity contribution < 1.29 is 9.53 Å². The molecule has 170 valence electrons. The maximum atomic E-state index is 13.0. The van der Waals surface area contributed by atoms with Gasteiger partial charge in [-0.2, -0.15) is 5.10 Å². The number of carbonyl (C=O) groups excluding carboxylic acids is 1. The molecule has 4 aromatic rings. The molecule has 0 amide bonds. The number of H-pyrrole nitrogens is 1. The molecule has 1 aromatic carbocycles. The number of aromatic amines is 1. The first-order chi connectivity index (χ1) is 16.0. The molecule has 0 bridgehead atoms. The van der Waals surface area contributed by atoms with E-state index in [-0.39, 0.29) is 16.9 Å². The van der Waals surface area contributed by atoms with Gasteiger partial charge in [-0.25, -0.2) is 4.98 Å². The molecule has 0 radical (unpaired) electrons. The molecule has 8 heteroatoms. The predicted molar refractivity (Wildman–Crippen MR) is 127 cm³/mol. The number of carbonyl (C=O) groups is 1. The van der Waals surface area contributed by atoms with Crippen LogP contribution < -0.4 is 10.3 Å². The van der Waals surface area contributed by atoms with Crippen molar-refractivity contribution in [2.75, 3.05) is 6.61 Å². The zero-order valence-electron chi connectivity index (χ0n) is 19.1. The fraction of sp³-hybridized carbons (Fsp3) is 0.320. The van der Waals surface area contributed by atoms with Crippen molar-refractivity contribution in [3.63, 3.8) is 0 Å². The Morgan fingerprint density at radius 1 is 1.12 bits per heavy atom. The van der Waals surface area contributed by atoms with Crippen LogP contribution in [0.15, 0.2) is 47.4 Å². The monoisotopic (exact) mass is 445 g/mol. The number of benzene rings is 1. The van der Waals surface area contributed by atoms with E-state index in [9.17, 15) is 9.59 Å². The van der Waals surface area contributed by atoms with Crippen LogP contribution in [0.4, 0.5) is 0 Å². The summed E-state index contributed by atoms with van der Waals surface area (Å²) in [7, 11) is 0. The number of pyridine rings is 1. The molecule has 3 heterocycles. The first-order valence-electron chi connectivity index (χ1n) is 11.2. The lowest BCUT2D eigenvalue weighted by Gasteiger charge is -2.12. The number of aryl methyl sites for hydroxylation is 1. The highest BCUT2D eigenvalue weighted by molar-refractivity contribution is 5.95. The largest absolute Gasteiger partial charge is 0.493 e. The summed E-state index contributed by atoms with van der Waals surface area (Å²) in [6.07, 6.45) is 4.16. The molecule has 0 fully saturated rings. The summed E-state index contributed by atoms with van der Waals surface area (Å²) in [4.78, 5) is 37.1. The Balaban J connectivity index is 1.88. The number of hydrogen-bond acceptors (Lipinski definition) is 6. The van der Waals surface area contributed by atoms with Crippen molar-refractivity contribution >= 4 is 16.8 Å². The minimum absolute atomic E-state index is 0.0726. The molecular weight excluding hydrogens is 418 g/mol. The summed E-state index contributed by atoms with van der Waals surface area (Å²) in [5.41, 5.74) is 3.35. The molecule has 0 aliphatic heterocycles. The average molecular weight is 446 g/mol. The molecular formula is C25H27N5O3. The molecule has 0 spiro atoms.